The second kappa shape index (κ2) is 14.8. The van der Waals surface area contributed by atoms with E-state index in [4.69, 9.17) is 9.56 Å². The Hall–Kier alpha value is -4.32. The molecule has 4 rings (SSSR count). The zero-order valence-electron chi connectivity index (χ0n) is 26.8. The van der Waals surface area contributed by atoms with Crippen molar-refractivity contribution >= 4 is 32.6 Å². The first-order chi connectivity index (χ1) is 21.8. The Morgan fingerprint density at radius 1 is 0.913 bits per heavy atom. The SMILES string of the molecule is CC(=NNC(=O)c1ccccc1S(N)(=O)=O)C(CN(CC(C)C)CC(C)C)C(c1ccccc1)c1c(O)c2ccccc2oc1=O. The summed E-state index contributed by atoms with van der Waals surface area (Å²) in [5, 5.41) is 21.9. The Kier molecular flexibility index (Phi) is 11.2. The van der Waals surface area contributed by atoms with Gasteiger partial charge in [-0.05, 0) is 48.6 Å². The maximum absolute atomic E-state index is 13.7. The first-order valence-electron chi connectivity index (χ1n) is 15.3. The maximum atomic E-state index is 13.7. The standard InChI is InChI=1S/C35H42N4O6S/c1-22(2)19-39(20-23(3)4)21-28(24(5)37-38-34(41)27-16-10-12-18-30(27)46(36,43)44)31(25-13-7-6-8-14-25)32-33(40)26-15-9-11-17-29(26)45-35(32)42/h6-18,22-23,28,31,40H,19-21H2,1-5H3,(H,38,41)(H2,36,43,44). The number of amides is 1. The molecule has 4 N–H and O–H groups in total. The Balaban J connectivity index is 1.89. The van der Waals surface area contributed by atoms with Gasteiger partial charge in [-0.3, -0.25) is 4.79 Å². The molecule has 2 unspecified atom stereocenters. The summed E-state index contributed by atoms with van der Waals surface area (Å²) in [6.45, 7) is 12.2. The number of aromatic hydroxyl groups is 1. The largest absolute Gasteiger partial charge is 0.507 e. The summed E-state index contributed by atoms with van der Waals surface area (Å²) in [6, 6.07) is 21.8. The average molecular weight is 647 g/mol. The fourth-order valence-electron chi connectivity index (χ4n) is 5.88. The number of nitrogens with one attached hydrogen (secondary N) is 1. The average Bonchev–Trinajstić information content (AvgIpc) is 3.00. The number of carbonyl (C=O) groups excluding carboxylic acids is 1. The van der Waals surface area contributed by atoms with Crippen molar-refractivity contribution < 1.29 is 22.7 Å². The number of nitrogens with two attached hydrogens (primary N) is 1. The summed E-state index contributed by atoms with van der Waals surface area (Å²) in [5.41, 5.74) is 3.25. The molecule has 0 aliphatic carbocycles. The van der Waals surface area contributed by atoms with Crippen LogP contribution in [0.2, 0.25) is 0 Å². The van der Waals surface area contributed by atoms with Crippen LogP contribution < -0.4 is 16.2 Å². The van der Waals surface area contributed by atoms with Crippen LogP contribution in [0.5, 0.6) is 5.75 Å². The third-order valence-electron chi connectivity index (χ3n) is 7.70. The van der Waals surface area contributed by atoms with Crippen LogP contribution in [0.4, 0.5) is 0 Å². The van der Waals surface area contributed by atoms with Crippen molar-refractivity contribution in [2.45, 2.75) is 45.4 Å². The van der Waals surface area contributed by atoms with E-state index in [0.29, 0.717) is 29.5 Å². The van der Waals surface area contributed by atoms with Gasteiger partial charge in [-0.15, -0.1) is 0 Å². The van der Waals surface area contributed by atoms with Gasteiger partial charge in [0.2, 0.25) is 10.0 Å². The van der Waals surface area contributed by atoms with Crippen LogP contribution >= 0.6 is 0 Å². The predicted molar refractivity (Wildman–Crippen MR) is 180 cm³/mol. The van der Waals surface area contributed by atoms with E-state index >= 15 is 0 Å². The maximum Gasteiger partial charge on any atom is 0.343 e. The zero-order chi connectivity index (χ0) is 33.6. The first-order valence-corrected chi connectivity index (χ1v) is 16.8. The van der Waals surface area contributed by atoms with Gasteiger partial charge in [-0.25, -0.2) is 23.8 Å². The molecule has 1 amide bonds. The molecule has 1 aromatic heterocycles. The number of carbonyl (C=O) groups is 1. The van der Waals surface area contributed by atoms with Crippen LogP contribution in [-0.4, -0.2) is 49.7 Å². The number of benzene rings is 3. The van der Waals surface area contributed by atoms with E-state index in [0.717, 1.165) is 18.7 Å². The number of hydrogen-bond donors (Lipinski definition) is 3. The molecule has 0 saturated heterocycles. The van der Waals surface area contributed by atoms with Gasteiger partial charge in [0.05, 0.1) is 21.4 Å². The van der Waals surface area contributed by atoms with Gasteiger partial charge in [0.15, 0.2) is 0 Å². The predicted octanol–water partition coefficient (Wildman–Crippen LogP) is 5.31. The number of hydrogen-bond acceptors (Lipinski definition) is 8. The number of rotatable bonds is 13. The Morgan fingerprint density at radius 3 is 2.13 bits per heavy atom. The van der Waals surface area contributed by atoms with Crippen LogP contribution in [-0.2, 0) is 10.0 Å². The minimum Gasteiger partial charge on any atom is -0.507 e. The number of nitrogens with zero attached hydrogens (tertiary/aromatic N) is 2. The van der Waals surface area contributed by atoms with Gasteiger partial charge in [0, 0.05) is 37.2 Å². The molecule has 0 fully saturated rings. The molecule has 46 heavy (non-hydrogen) atoms. The lowest BCUT2D eigenvalue weighted by molar-refractivity contribution is 0.0951. The second-order valence-corrected chi connectivity index (χ2v) is 13.9. The third kappa shape index (κ3) is 8.28. The van der Waals surface area contributed by atoms with Crippen molar-refractivity contribution in [1.82, 2.24) is 10.3 Å². The number of fused-ring (bicyclic) bond motifs is 1. The summed E-state index contributed by atoms with van der Waals surface area (Å²) in [6.07, 6.45) is 0. The van der Waals surface area contributed by atoms with E-state index in [9.17, 15) is 23.1 Å². The van der Waals surface area contributed by atoms with Crippen molar-refractivity contribution in [1.29, 1.82) is 0 Å². The van der Waals surface area contributed by atoms with E-state index in [-0.39, 0.29) is 27.4 Å². The van der Waals surface area contributed by atoms with E-state index in [1.807, 2.05) is 30.3 Å². The summed E-state index contributed by atoms with van der Waals surface area (Å²) in [7, 11) is -4.17. The van der Waals surface area contributed by atoms with Gasteiger partial charge >= 0.3 is 5.63 Å². The van der Waals surface area contributed by atoms with Crippen molar-refractivity contribution in [2.75, 3.05) is 19.6 Å². The Bertz CT molecular complexity index is 1860. The summed E-state index contributed by atoms with van der Waals surface area (Å²) in [4.78, 5) is 28.9. The monoisotopic (exact) mass is 646 g/mol. The van der Waals surface area contributed by atoms with Gasteiger partial charge in [0.25, 0.3) is 5.91 Å². The van der Waals surface area contributed by atoms with Gasteiger partial charge < -0.3 is 14.4 Å². The third-order valence-corrected chi connectivity index (χ3v) is 8.67. The minimum absolute atomic E-state index is 0.0874. The summed E-state index contributed by atoms with van der Waals surface area (Å²) < 4.78 is 30.0. The Labute approximate surface area is 270 Å². The lowest BCUT2D eigenvalue weighted by Gasteiger charge is -2.34. The molecule has 0 aliphatic heterocycles. The highest BCUT2D eigenvalue weighted by Gasteiger charge is 2.35. The van der Waals surface area contributed by atoms with Crippen molar-refractivity contribution in [3.63, 3.8) is 0 Å². The van der Waals surface area contributed by atoms with Gasteiger partial charge in [-0.2, -0.15) is 5.10 Å². The molecular weight excluding hydrogens is 604 g/mol. The smallest absolute Gasteiger partial charge is 0.343 e. The van der Waals surface area contributed by atoms with Crippen LogP contribution in [0.15, 0.2) is 98.1 Å². The molecule has 1 heterocycles. The molecule has 0 radical (unpaired) electrons. The van der Waals surface area contributed by atoms with E-state index < -0.39 is 33.4 Å². The van der Waals surface area contributed by atoms with Crippen LogP contribution in [0.25, 0.3) is 11.0 Å². The fraction of sp³-hybridized carbons (Fsp3) is 0.343. The molecule has 0 spiro atoms. The van der Waals surface area contributed by atoms with E-state index in [1.165, 1.54) is 24.3 Å². The molecule has 11 heteroatoms. The molecule has 4 aromatic rings. The molecule has 10 nitrogen and oxygen atoms in total. The number of sulfonamides is 1. The fourth-order valence-corrected chi connectivity index (χ4v) is 6.62. The van der Waals surface area contributed by atoms with Crippen molar-refractivity contribution in [3.8, 4) is 5.75 Å². The topological polar surface area (TPSA) is 155 Å². The molecule has 0 saturated carbocycles. The summed E-state index contributed by atoms with van der Waals surface area (Å²) in [5.74, 6) is -1.53. The molecular formula is C35H42N4O6S. The highest BCUT2D eigenvalue weighted by atomic mass is 32.2. The zero-order valence-corrected chi connectivity index (χ0v) is 27.6. The molecule has 0 bridgehead atoms. The van der Waals surface area contributed by atoms with Crippen molar-refractivity contribution in [3.05, 3.63) is 106 Å². The lowest BCUT2D eigenvalue weighted by Crippen LogP contribution is -2.41. The molecule has 3 aromatic carbocycles. The highest BCUT2D eigenvalue weighted by Crippen LogP contribution is 2.39. The molecule has 0 aliphatic rings. The molecule has 244 valence electrons. The minimum atomic E-state index is -4.17. The normalized spacial score (nSPS) is 13.8. The molecule has 2 atom stereocenters. The number of primary sulfonamides is 1. The van der Waals surface area contributed by atoms with Crippen LogP contribution in [0.3, 0.4) is 0 Å². The van der Waals surface area contributed by atoms with E-state index in [2.05, 4.69) is 43.1 Å². The Morgan fingerprint density at radius 2 is 1.50 bits per heavy atom. The number of hydrazone groups is 1. The quantitative estimate of drug-likeness (QED) is 0.101. The van der Waals surface area contributed by atoms with Crippen molar-refractivity contribution in [2.24, 2.45) is 28.0 Å². The van der Waals surface area contributed by atoms with E-state index in [1.54, 1.807) is 31.2 Å². The van der Waals surface area contributed by atoms with Crippen LogP contribution in [0, 0.1) is 17.8 Å². The summed E-state index contributed by atoms with van der Waals surface area (Å²) >= 11 is 0. The second-order valence-electron chi connectivity index (χ2n) is 12.4. The number of para-hydroxylation sites is 1. The van der Waals surface area contributed by atoms with Crippen LogP contribution in [0.1, 0.15) is 62.0 Å². The lowest BCUT2D eigenvalue weighted by atomic mass is 9.78. The highest BCUT2D eigenvalue weighted by molar-refractivity contribution is 7.89. The van der Waals surface area contributed by atoms with Gasteiger partial charge in [0.1, 0.15) is 11.3 Å². The first kappa shape index (κ1) is 34.6. The van der Waals surface area contributed by atoms with Gasteiger partial charge in [-0.1, -0.05) is 82.3 Å².